The molecule has 0 spiro atoms. The first-order valence-corrected chi connectivity index (χ1v) is 12.3. The van der Waals surface area contributed by atoms with Crippen molar-refractivity contribution in [2.45, 2.75) is 12.8 Å². The van der Waals surface area contributed by atoms with Gasteiger partial charge < -0.3 is 9.64 Å². The molecule has 2 saturated heterocycles. The van der Waals surface area contributed by atoms with Crippen molar-refractivity contribution in [1.29, 1.82) is 0 Å². The zero-order valence-electron chi connectivity index (χ0n) is 19.2. The Bertz CT molecular complexity index is 1300. The number of allylic oxidation sites excluding steroid dienone is 2. The van der Waals surface area contributed by atoms with Crippen molar-refractivity contribution < 1.29 is 28.3 Å². The van der Waals surface area contributed by atoms with Crippen LogP contribution in [0.2, 0.25) is 0 Å². The summed E-state index contributed by atoms with van der Waals surface area (Å²) in [6.45, 7) is 0.152. The Labute approximate surface area is 206 Å². The van der Waals surface area contributed by atoms with Gasteiger partial charge in [0.25, 0.3) is 0 Å². The number of anilines is 2. The van der Waals surface area contributed by atoms with E-state index in [4.69, 9.17) is 4.74 Å². The maximum absolute atomic E-state index is 13.3. The van der Waals surface area contributed by atoms with Crippen molar-refractivity contribution in [1.82, 2.24) is 0 Å². The summed E-state index contributed by atoms with van der Waals surface area (Å²) in [5, 5.41) is 0. The molecule has 2 bridgehead atoms. The molecule has 2 aromatic carbocycles. The van der Waals surface area contributed by atoms with E-state index < -0.39 is 17.7 Å². The molecule has 4 aliphatic carbocycles. The van der Waals surface area contributed by atoms with E-state index in [9.17, 15) is 23.6 Å². The van der Waals surface area contributed by atoms with Crippen LogP contribution < -0.4 is 14.5 Å². The maximum Gasteiger partial charge on any atom is 0.316 e. The Morgan fingerprint density at radius 3 is 2.03 bits per heavy atom. The summed E-state index contributed by atoms with van der Waals surface area (Å²) in [7, 11) is 0. The third-order valence-corrected chi connectivity index (χ3v) is 8.57. The lowest BCUT2D eigenvalue weighted by Crippen LogP contribution is -2.40. The number of hydrogen-bond acceptors (Lipinski definition) is 5. The number of benzene rings is 2. The van der Waals surface area contributed by atoms with Crippen LogP contribution in [-0.4, -0.2) is 30.2 Å². The van der Waals surface area contributed by atoms with Gasteiger partial charge in [-0.25, -0.2) is 4.39 Å². The van der Waals surface area contributed by atoms with E-state index >= 15 is 0 Å². The molecule has 8 heteroatoms. The maximum atomic E-state index is 13.3. The van der Waals surface area contributed by atoms with Gasteiger partial charge in [-0.3, -0.25) is 24.1 Å². The van der Waals surface area contributed by atoms with Crippen LogP contribution in [0.5, 0.6) is 5.75 Å². The van der Waals surface area contributed by atoms with Crippen LogP contribution in [-0.2, 0) is 19.2 Å². The predicted octanol–water partition coefficient (Wildman–Crippen LogP) is 3.34. The number of esters is 1. The number of hydrogen-bond donors (Lipinski definition) is 0. The number of carbonyl (C=O) groups excluding carboxylic acids is 4. The zero-order valence-corrected chi connectivity index (χ0v) is 19.2. The normalized spacial score (nSPS) is 33.7. The Balaban J connectivity index is 1.03. The molecule has 2 heterocycles. The molecule has 0 unspecified atom stereocenters. The van der Waals surface area contributed by atoms with Crippen LogP contribution in [0.1, 0.15) is 12.8 Å². The average Bonchev–Trinajstić information content (AvgIpc) is 3.56. The van der Waals surface area contributed by atoms with E-state index in [-0.39, 0.29) is 60.1 Å². The van der Waals surface area contributed by atoms with Gasteiger partial charge in [0.1, 0.15) is 11.6 Å². The van der Waals surface area contributed by atoms with Crippen LogP contribution in [0.3, 0.4) is 0 Å². The molecule has 4 fully saturated rings. The van der Waals surface area contributed by atoms with Crippen molar-refractivity contribution >= 4 is 35.1 Å². The second kappa shape index (κ2) is 7.59. The van der Waals surface area contributed by atoms with Crippen molar-refractivity contribution in [3.8, 4) is 5.75 Å². The van der Waals surface area contributed by atoms with E-state index in [1.807, 2.05) is 0 Å². The van der Waals surface area contributed by atoms with Gasteiger partial charge in [-0.1, -0.05) is 12.2 Å². The molecule has 2 aromatic rings. The largest absolute Gasteiger partial charge is 0.426 e. The predicted molar refractivity (Wildman–Crippen MR) is 126 cm³/mol. The molecule has 36 heavy (non-hydrogen) atoms. The first-order chi connectivity index (χ1) is 17.4. The van der Waals surface area contributed by atoms with E-state index in [1.54, 1.807) is 24.3 Å². The lowest BCUT2D eigenvalue weighted by atomic mass is 9.63. The van der Waals surface area contributed by atoms with Gasteiger partial charge in [0.15, 0.2) is 0 Å². The van der Waals surface area contributed by atoms with Crippen molar-refractivity contribution in [3.05, 3.63) is 66.5 Å². The Morgan fingerprint density at radius 2 is 1.42 bits per heavy atom. The molecule has 0 N–H and O–H groups in total. The van der Waals surface area contributed by atoms with E-state index in [0.717, 1.165) is 6.42 Å². The van der Waals surface area contributed by atoms with Crippen LogP contribution in [0.15, 0.2) is 60.7 Å². The van der Waals surface area contributed by atoms with Gasteiger partial charge >= 0.3 is 5.97 Å². The van der Waals surface area contributed by atoms with E-state index in [1.165, 1.54) is 34.1 Å². The van der Waals surface area contributed by atoms with Crippen molar-refractivity contribution in [3.63, 3.8) is 0 Å². The third kappa shape index (κ3) is 3.09. The highest BCUT2D eigenvalue weighted by Gasteiger charge is 2.67. The molecule has 182 valence electrons. The van der Waals surface area contributed by atoms with Crippen LogP contribution >= 0.6 is 0 Å². The molecule has 7 atom stereocenters. The smallest absolute Gasteiger partial charge is 0.316 e. The molecule has 3 amide bonds. The monoisotopic (exact) mass is 486 g/mol. The quantitative estimate of drug-likeness (QED) is 0.287. The topological polar surface area (TPSA) is 84.0 Å². The van der Waals surface area contributed by atoms with Crippen LogP contribution in [0.4, 0.5) is 15.8 Å². The summed E-state index contributed by atoms with van der Waals surface area (Å²) in [6, 6.07) is 11.9. The van der Waals surface area contributed by atoms with E-state index in [0.29, 0.717) is 23.2 Å². The van der Waals surface area contributed by atoms with Gasteiger partial charge in [-0.15, -0.1) is 0 Å². The lowest BCUT2D eigenvalue weighted by Gasteiger charge is -2.37. The number of halogens is 1. The summed E-state index contributed by atoms with van der Waals surface area (Å²) in [6.07, 6.45) is 5.40. The number of nitrogens with zero attached hydrogens (tertiary/aromatic N) is 2. The fourth-order valence-corrected chi connectivity index (χ4v) is 6.81. The highest BCUT2D eigenvalue weighted by Crippen LogP contribution is 2.65. The fourth-order valence-electron chi connectivity index (χ4n) is 6.81. The number of imide groups is 1. The minimum Gasteiger partial charge on any atom is -0.426 e. The molecular weight excluding hydrogens is 463 g/mol. The summed E-state index contributed by atoms with van der Waals surface area (Å²) >= 11 is 0. The standard InChI is InChI=1S/C28H23FN2O5/c29-15-1-3-16(4-2-15)30-13-14(11-23(30)32)28(35)36-18-7-5-17(6-8-18)31-26(33)24-19-9-10-20(22-12-21(19)22)25(24)27(31)34/h1-10,14,19-22,24-25H,11-13H2/t14-,19-,20-,21-,22+,24-,25+/m0/s1. The second-order valence-corrected chi connectivity index (χ2v) is 10.5. The molecule has 0 radical (unpaired) electrons. The highest BCUT2D eigenvalue weighted by molar-refractivity contribution is 6.22. The SMILES string of the molecule is O=C(Oc1ccc(N2C(=O)[C@@H]3[C@H]4C=C[C@@H]([C@@H]5C[C@H]45)[C@@H]3C2=O)cc1)[C@H]1CC(=O)N(c2ccc(F)cc2)C1. The fraction of sp³-hybridized carbons (Fsp3) is 0.357. The molecule has 6 aliphatic rings. The van der Waals surface area contributed by atoms with Gasteiger partial charge in [0.05, 0.1) is 23.4 Å². The summed E-state index contributed by atoms with van der Waals surface area (Å²) in [4.78, 5) is 54.4. The van der Waals surface area contributed by atoms with Gasteiger partial charge in [-0.05, 0) is 78.6 Å². The number of rotatable bonds is 4. The van der Waals surface area contributed by atoms with Crippen LogP contribution in [0, 0.1) is 47.2 Å². The minimum absolute atomic E-state index is 0.00616. The lowest BCUT2D eigenvalue weighted by molar-refractivity contribution is -0.139. The van der Waals surface area contributed by atoms with Crippen molar-refractivity contribution in [2.24, 2.45) is 41.4 Å². The van der Waals surface area contributed by atoms with Gasteiger partial charge in [0.2, 0.25) is 17.7 Å². The highest BCUT2D eigenvalue weighted by atomic mass is 19.1. The Hall–Kier alpha value is -3.81. The van der Waals surface area contributed by atoms with E-state index in [2.05, 4.69) is 12.2 Å². The minimum atomic E-state index is -0.651. The van der Waals surface area contributed by atoms with Crippen molar-refractivity contribution in [2.75, 3.05) is 16.3 Å². The first-order valence-electron chi connectivity index (χ1n) is 12.3. The second-order valence-electron chi connectivity index (χ2n) is 10.5. The number of amides is 3. The number of ether oxygens (including phenoxy) is 1. The summed E-state index contributed by atoms with van der Waals surface area (Å²) in [5.41, 5.74) is 1.01. The third-order valence-electron chi connectivity index (χ3n) is 8.57. The molecule has 8 rings (SSSR count). The number of carbonyl (C=O) groups is 4. The molecular formula is C28H23FN2O5. The zero-order chi connectivity index (χ0) is 24.7. The Kier molecular flexibility index (Phi) is 4.53. The molecule has 7 nitrogen and oxygen atoms in total. The Morgan fingerprint density at radius 1 is 0.833 bits per heavy atom. The molecule has 2 saturated carbocycles. The molecule has 0 aromatic heterocycles. The van der Waals surface area contributed by atoms with Gasteiger partial charge in [0, 0.05) is 18.7 Å². The summed E-state index contributed by atoms with van der Waals surface area (Å²) in [5.74, 6) is -0.939. The molecule has 2 aliphatic heterocycles. The van der Waals surface area contributed by atoms with Crippen LogP contribution in [0.25, 0.3) is 0 Å². The van der Waals surface area contributed by atoms with Gasteiger partial charge in [-0.2, -0.15) is 0 Å². The average molecular weight is 486 g/mol. The first kappa shape index (κ1) is 21.5. The summed E-state index contributed by atoms with van der Waals surface area (Å²) < 4.78 is 18.7.